The second kappa shape index (κ2) is 8.28. The van der Waals surface area contributed by atoms with Crippen LogP contribution in [-0.2, 0) is 6.54 Å². The van der Waals surface area contributed by atoms with E-state index in [9.17, 15) is 4.39 Å². The summed E-state index contributed by atoms with van der Waals surface area (Å²) in [6, 6.07) is 19.5. The molecule has 0 aliphatic carbocycles. The van der Waals surface area contributed by atoms with Crippen LogP contribution in [-0.4, -0.2) is 20.0 Å². The average molecular weight is 431 g/mol. The van der Waals surface area contributed by atoms with Crippen molar-refractivity contribution < 1.29 is 8.81 Å². The van der Waals surface area contributed by atoms with Crippen LogP contribution >= 0.6 is 12.2 Å². The van der Waals surface area contributed by atoms with Crippen molar-refractivity contribution in [1.29, 1.82) is 0 Å². The van der Waals surface area contributed by atoms with Gasteiger partial charge in [0.25, 0.3) is 0 Å². The van der Waals surface area contributed by atoms with E-state index < -0.39 is 0 Å². The van der Waals surface area contributed by atoms with Gasteiger partial charge >= 0.3 is 0 Å². The second-order valence-corrected chi connectivity index (χ2v) is 7.71. The van der Waals surface area contributed by atoms with Gasteiger partial charge in [-0.1, -0.05) is 6.07 Å². The Labute approximate surface area is 184 Å². The maximum Gasteiger partial charge on any atom is 0.170 e. The van der Waals surface area contributed by atoms with Crippen molar-refractivity contribution in [2.24, 2.45) is 0 Å². The molecule has 0 radical (unpaired) electrons. The molecule has 4 aromatic rings. The predicted molar refractivity (Wildman–Crippen MR) is 119 cm³/mol. The first-order valence-corrected chi connectivity index (χ1v) is 10.3. The molecule has 0 bridgehead atoms. The second-order valence-electron chi connectivity index (χ2n) is 7.32. The van der Waals surface area contributed by atoms with Crippen LogP contribution in [0.1, 0.15) is 29.1 Å². The van der Waals surface area contributed by atoms with Gasteiger partial charge in [-0.15, -0.1) is 0 Å². The minimum absolute atomic E-state index is 0.164. The monoisotopic (exact) mass is 430 g/mol. The third kappa shape index (κ3) is 3.92. The third-order valence-corrected chi connectivity index (χ3v) is 5.70. The molecular formula is C24H19FN4OS. The fourth-order valence-corrected chi connectivity index (χ4v) is 4.16. The smallest absolute Gasteiger partial charge is 0.170 e. The summed E-state index contributed by atoms with van der Waals surface area (Å²) >= 11 is 5.70. The summed E-state index contributed by atoms with van der Waals surface area (Å²) in [7, 11) is 0. The summed E-state index contributed by atoms with van der Waals surface area (Å²) in [5, 5.41) is 4.05. The number of benzene rings is 1. The van der Waals surface area contributed by atoms with Gasteiger partial charge < -0.3 is 14.6 Å². The van der Waals surface area contributed by atoms with Crippen molar-refractivity contribution in [2.75, 3.05) is 0 Å². The van der Waals surface area contributed by atoms with Gasteiger partial charge in [-0.3, -0.25) is 9.97 Å². The Balaban J connectivity index is 1.53. The Morgan fingerprint density at radius 2 is 1.77 bits per heavy atom. The molecule has 3 aromatic heterocycles. The van der Waals surface area contributed by atoms with E-state index >= 15 is 0 Å². The zero-order chi connectivity index (χ0) is 21.2. The summed E-state index contributed by atoms with van der Waals surface area (Å²) in [5.41, 5.74) is 2.79. The van der Waals surface area contributed by atoms with Crippen molar-refractivity contribution in [1.82, 2.24) is 20.2 Å². The molecular weight excluding hydrogens is 411 g/mol. The molecule has 2 atom stereocenters. The van der Waals surface area contributed by atoms with Gasteiger partial charge in [-0.25, -0.2) is 4.39 Å². The van der Waals surface area contributed by atoms with Gasteiger partial charge in [-0.05, 0) is 78.4 Å². The fourth-order valence-electron chi connectivity index (χ4n) is 3.85. The van der Waals surface area contributed by atoms with E-state index in [-0.39, 0.29) is 17.9 Å². The molecule has 0 saturated carbocycles. The number of nitrogens with one attached hydrogen (secondary N) is 1. The third-order valence-electron chi connectivity index (χ3n) is 5.35. The highest BCUT2D eigenvalue weighted by Crippen LogP contribution is 2.41. The summed E-state index contributed by atoms with van der Waals surface area (Å²) in [5.74, 6) is 1.16. The Morgan fingerprint density at radius 1 is 0.968 bits per heavy atom. The molecule has 1 N–H and O–H groups in total. The molecule has 154 valence electrons. The SMILES string of the molecule is Fc1ccc(-c2ccc(C3C(c4ccccn4)NC(=S)N3Cc3ccncc3)o2)cc1. The largest absolute Gasteiger partial charge is 0.459 e. The molecule has 0 amide bonds. The Bertz CT molecular complexity index is 1180. The van der Waals surface area contributed by atoms with Crippen molar-refractivity contribution in [2.45, 2.75) is 18.6 Å². The number of rotatable bonds is 5. The molecule has 5 rings (SSSR count). The molecule has 5 nitrogen and oxygen atoms in total. The standard InChI is InChI=1S/C24H19FN4OS/c25-18-6-4-17(5-7-18)20-8-9-21(30-20)23-22(19-3-1-2-12-27-19)28-24(31)29(23)15-16-10-13-26-14-11-16/h1-14,22-23H,15H2,(H,28,31). The highest BCUT2D eigenvalue weighted by atomic mass is 32.1. The van der Waals surface area contributed by atoms with E-state index in [2.05, 4.69) is 20.2 Å². The van der Waals surface area contributed by atoms with Crippen molar-refractivity contribution in [3.63, 3.8) is 0 Å². The lowest BCUT2D eigenvalue weighted by Crippen LogP contribution is -2.29. The number of pyridine rings is 2. The van der Waals surface area contributed by atoms with Crippen LogP contribution in [0.15, 0.2) is 89.7 Å². The lowest BCUT2D eigenvalue weighted by Gasteiger charge is -2.26. The number of furan rings is 1. The van der Waals surface area contributed by atoms with Crippen molar-refractivity contribution in [3.8, 4) is 11.3 Å². The van der Waals surface area contributed by atoms with Crippen LogP contribution in [0, 0.1) is 5.82 Å². The number of nitrogens with zero attached hydrogens (tertiary/aromatic N) is 3. The van der Waals surface area contributed by atoms with E-state index in [1.807, 2.05) is 42.5 Å². The van der Waals surface area contributed by atoms with E-state index in [0.717, 1.165) is 22.6 Å². The van der Waals surface area contributed by atoms with Crippen LogP contribution in [0.2, 0.25) is 0 Å². The highest BCUT2D eigenvalue weighted by Gasteiger charge is 2.41. The topological polar surface area (TPSA) is 54.2 Å². The minimum atomic E-state index is -0.278. The zero-order valence-corrected chi connectivity index (χ0v) is 17.3. The first-order chi connectivity index (χ1) is 15.2. The molecule has 2 unspecified atom stereocenters. The van der Waals surface area contributed by atoms with Gasteiger partial charge in [0.15, 0.2) is 5.11 Å². The molecule has 4 heterocycles. The number of hydrogen-bond acceptors (Lipinski definition) is 4. The molecule has 1 aromatic carbocycles. The minimum Gasteiger partial charge on any atom is -0.459 e. The first kappa shape index (κ1) is 19.4. The predicted octanol–water partition coefficient (Wildman–Crippen LogP) is 5.05. The van der Waals surface area contributed by atoms with Crippen LogP contribution in [0.4, 0.5) is 4.39 Å². The molecule has 31 heavy (non-hydrogen) atoms. The first-order valence-electron chi connectivity index (χ1n) is 9.92. The Hall–Kier alpha value is -3.58. The van der Waals surface area contributed by atoms with Gasteiger partial charge in [0, 0.05) is 30.7 Å². The van der Waals surface area contributed by atoms with Gasteiger partial charge in [-0.2, -0.15) is 0 Å². The number of hydrogen-bond donors (Lipinski definition) is 1. The van der Waals surface area contributed by atoms with Crippen LogP contribution in [0.3, 0.4) is 0 Å². The van der Waals surface area contributed by atoms with E-state index in [1.54, 1.807) is 30.7 Å². The number of halogens is 1. The van der Waals surface area contributed by atoms with Crippen molar-refractivity contribution in [3.05, 3.63) is 108 Å². The van der Waals surface area contributed by atoms with E-state index in [1.165, 1.54) is 12.1 Å². The van der Waals surface area contributed by atoms with Crippen molar-refractivity contribution >= 4 is 17.3 Å². The maximum absolute atomic E-state index is 13.3. The summed E-state index contributed by atoms with van der Waals surface area (Å²) < 4.78 is 19.6. The molecule has 1 aliphatic rings. The normalized spacial score (nSPS) is 18.2. The highest BCUT2D eigenvalue weighted by molar-refractivity contribution is 7.80. The fraction of sp³-hybridized carbons (Fsp3) is 0.125. The lowest BCUT2D eigenvalue weighted by atomic mass is 10.0. The Morgan fingerprint density at radius 3 is 2.52 bits per heavy atom. The summed E-state index contributed by atoms with van der Waals surface area (Å²) in [6.07, 6.45) is 5.31. The van der Waals surface area contributed by atoms with Gasteiger partial charge in [0.2, 0.25) is 0 Å². The molecule has 1 aliphatic heterocycles. The summed E-state index contributed by atoms with van der Waals surface area (Å²) in [4.78, 5) is 10.8. The average Bonchev–Trinajstić information content (AvgIpc) is 3.41. The lowest BCUT2D eigenvalue weighted by molar-refractivity contribution is 0.269. The van der Waals surface area contributed by atoms with Crippen LogP contribution in [0.25, 0.3) is 11.3 Å². The quantitative estimate of drug-likeness (QED) is 0.447. The molecule has 1 fully saturated rings. The molecule has 7 heteroatoms. The molecule has 0 spiro atoms. The zero-order valence-electron chi connectivity index (χ0n) is 16.5. The van der Waals surface area contributed by atoms with E-state index in [4.69, 9.17) is 16.6 Å². The maximum atomic E-state index is 13.3. The number of aromatic nitrogens is 2. The van der Waals surface area contributed by atoms with Gasteiger partial charge in [0.05, 0.1) is 11.7 Å². The van der Waals surface area contributed by atoms with Gasteiger partial charge in [0.1, 0.15) is 23.4 Å². The molecule has 1 saturated heterocycles. The van der Waals surface area contributed by atoms with Crippen LogP contribution < -0.4 is 5.32 Å². The Kier molecular flexibility index (Phi) is 5.18. The van der Waals surface area contributed by atoms with E-state index in [0.29, 0.717) is 17.4 Å². The van der Waals surface area contributed by atoms with Crippen LogP contribution in [0.5, 0.6) is 0 Å². The summed E-state index contributed by atoms with van der Waals surface area (Å²) in [6.45, 7) is 0.606. The number of thiocarbonyl (C=S) groups is 1.